The van der Waals surface area contributed by atoms with Crippen LogP contribution in [0.4, 0.5) is 5.69 Å². The van der Waals surface area contributed by atoms with Gasteiger partial charge < -0.3 is 10.1 Å². The number of ether oxygens (including phenoxy) is 1. The molecule has 1 atom stereocenters. The Hall–Kier alpha value is -1.72. The summed E-state index contributed by atoms with van der Waals surface area (Å²) in [5.41, 5.74) is 2.42. The van der Waals surface area contributed by atoms with E-state index in [4.69, 9.17) is 4.74 Å². The van der Waals surface area contributed by atoms with Crippen molar-refractivity contribution in [3.8, 4) is 0 Å². The van der Waals surface area contributed by atoms with Crippen LogP contribution in [0.1, 0.15) is 17.2 Å². The summed E-state index contributed by atoms with van der Waals surface area (Å²) >= 11 is 3.33. The van der Waals surface area contributed by atoms with E-state index >= 15 is 0 Å². The predicted molar refractivity (Wildman–Crippen MR) is 81.5 cm³/mol. The second kappa shape index (κ2) is 6.63. The van der Waals surface area contributed by atoms with Crippen molar-refractivity contribution in [2.45, 2.75) is 13.0 Å². The van der Waals surface area contributed by atoms with Gasteiger partial charge in [0, 0.05) is 7.11 Å². The first-order chi connectivity index (χ1) is 9.61. The Bertz CT molecular complexity index is 602. The van der Waals surface area contributed by atoms with Crippen molar-refractivity contribution in [3.05, 3.63) is 58.3 Å². The second-order valence-corrected chi connectivity index (χ2v) is 5.10. The maximum absolute atomic E-state index is 12.3. The molecule has 2 rings (SSSR count). The van der Waals surface area contributed by atoms with E-state index in [9.17, 15) is 4.79 Å². The number of nitrogens with one attached hydrogen (secondary N) is 1. The monoisotopic (exact) mass is 334 g/mol. The van der Waals surface area contributed by atoms with Gasteiger partial charge in [-0.25, -0.2) is 4.98 Å². The third-order valence-electron chi connectivity index (χ3n) is 2.86. The Labute approximate surface area is 126 Å². The molecule has 0 radical (unpaired) electrons. The molecule has 4 nitrogen and oxygen atoms in total. The number of aryl methyl sites for hydroxylation is 1. The number of carbonyl (C=O) groups is 1. The van der Waals surface area contributed by atoms with Crippen LogP contribution in [0.15, 0.2) is 47.2 Å². The molecule has 0 aliphatic heterocycles. The van der Waals surface area contributed by atoms with E-state index in [1.165, 1.54) is 7.11 Å². The fourth-order valence-electron chi connectivity index (χ4n) is 1.86. The van der Waals surface area contributed by atoms with Gasteiger partial charge in [0.05, 0.1) is 11.9 Å². The summed E-state index contributed by atoms with van der Waals surface area (Å²) in [4.78, 5) is 16.4. The number of methoxy groups -OCH3 is 1. The molecule has 0 fully saturated rings. The van der Waals surface area contributed by atoms with Crippen LogP contribution < -0.4 is 5.32 Å². The van der Waals surface area contributed by atoms with Gasteiger partial charge in [-0.05, 0) is 40.0 Å². The smallest absolute Gasteiger partial charge is 0.258 e. The topological polar surface area (TPSA) is 51.2 Å². The largest absolute Gasteiger partial charge is 0.367 e. The van der Waals surface area contributed by atoms with Gasteiger partial charge in [0.1, 0.15) is 4.60 Å². The number of nitrogens with zero attached hydrogens (tertiary/aromatic N) is 1. The zero-order valence-corrected chi connectivity index (χ0v) is 12.8. The Kier molecular flexibility index (Phi) is 4.87. The lowest BCUT2D eigenvalue weighted by molar-refractivity contribution is -0.126. The third-order valence-corrected chi connectivity index (χ3v) is 3.69. The quantitative estimate of drug-likeness (QED) is 0.871. The molecule has 20 heavy (non-hydrogen) atoms. The highest BCUT2D eigenvalue weighted by Crippen LogP contribution is 2.21. The van der Waals surface area contributed by atoms with E-state index in [0.29, 0.717) is 5.69 Å². The normalized spacial score (nSPS) is 11.9. The molecule has 1 N–H and O–H groups in total. The van der Waals surface area contributed by atoms with Crippen molar-refractivity contribution in [1.82, 2.24) is 4.98 Å². The van der Waals surface area contributed by atoms with E-state index in [0.717, 1.165) is 15.7 Å². The van der Waals surface area contributed by atoms with Crippen molar-refractivity contribution in [1.29, 1.82) is 0 Å². The lowest BCUT2D eigenvalue weighted by Gasteiger charge is -2.15. The maximum atomic E-state index is 12.3. The number of benzene rings is 1. The van der Waals surface area contributed by atoms with Crippen LogP contribution in [-0.2, 0) is 9.53 Å². The lowest BCUT2D eigenvalue weighted by atomic mass is 10.1. The van der Waals surface area contributed by atoms with Gasteiger partial charge >= 0.3 is 0 Å². The maximum Gasteiger partial charge on any atom is 0.258 e. The number of pyridine rings is 1. The Morgan fingerprint density at radius 1 is 1.35 bits per heavy atom. The number of halogens is 1. The van der Waals surface area contributed by atoms with Crippen molar-refractivity contribution in [2.75, 3.05) is 12.4 Å². The summed E-state index contributed by atoms with van der Waals surface area (Å²) in [5, 5.41) is 2.81. The highest BCUT2D eigenvalue weighted by atomic mass is 79.9. The molecule has 2 aromatic rings. The number of rotatable bonds is 4. The Balaban J connectivity index is 2.15. The first kappa shape index (κ1) is 14.7. The molecule has 0 aliphatic carbocycles. The molecule has 1 aromatic carbocycles. The predicted octanol–water partition coefficient (Wildman–Crippen LogP) is 3.48. The summed E-state index contributed by atoms with van der Waals surface area (Å²) < 4.78 is 6.05. The van der Waals surface area contributed by atoms with Gasteiger partial charge in [0.2, 0.25) is 0 Å². The van der Waals surface area contributed by atoms with Crippen LogP contribution in [0.3, 0.4) is 0 Å². The molecule has 1 heterocycles. The van der Waals surface area contributed by atoms with Gasteiger partial charge in [0.15, 0.2) is 6.10 Å². The molecule has 1 amide bonds. The Morgan fingerprint density at radius 3 is 2.65 bits per heavy atom. The first-order valence-electron chi connectivity index (χ1n) is 6.12. The minimum Gasteiger partial charge on any atom is -0.367 e. The number of anilines is 1. The molecule has 0 bridgehead atoms. The minimum absolute atomic E-state index is 0.220. The zero-order chi connectivity index (χ0) is 14.5. The van der Waals surface area contributed by atoms with E-state index in [2.05, 4.69) is 26.2 Å². The van der Waals surface area contributed by atoms with E-state index in [-0.39, 0.29) is 5.91 Å². The number of hydrogen-bond donors (Lipinski definition) is 1. The van der Waals surface area contributed by atoms with Crippen LogP contribution in [0.25, 0.3) is 0 Å². The van der Waals surface area contributed by atoms with Gasteiger partial charge in [-0.15, -0.1) is 0 Å². The van der Waals surface area contributed by atoms with Crippen molar-refractivity contribution in [2.24, 2.45) is 0 Å². The fourth-order valence-corrected chi connectivity index (χ4v) is 2.07. The number of amides is 1. The number of aromatic nitrogens is 1. The minimum atomic E-state index is -0.639. The summed E-state index contributed by atoms with van der Waals surface area (Å²) in [6.45, 7) is 1.91. The first-order valence-corrected chi connectivity index (χ1v) is 6.92. The molecule has 1 unspecified atom stereocenters. The van der Waals surface area contributed by atoms with Crippen molar-refractivity contribution >= 4 is 27.5 Å². The molecule has 0 saturated heterocycles. The average Bonchev–Trinajstić information content (AvgIpc) is 2.45. The third kappa shape index (κ3) is 3.43. The van der Waals surface area contributed by atoms with Crippen LogP contribution in [-0.4, -0.2) is 18.0 Å². The second-order valence-electron chi connectivity index (χ2n) is 4.35. The highest BCUT2D eigenvalue weighted by Gasteiger charge is 2.20. The SMILES string of the molecule is COC(C(=O)Nc1cnc(Br)c(C)c1)c1ccccc1. The van der Waals surface area contributed by atoms with Gasteiger partial charge in [-0.3, -0.25) is 4.79 Å². The number of carbonyl (C=O) groups excluding carboxylic acids is 1. The molecular formula is C15H15BrN2O2. The fraction of sp³-hybridized carbons (Fsp3) is 0.200. The van der Waals surface area contributed by atoms with Crippen LogP contribution in [0, 0.1) is 6.92 Å². The molecule has 5 heteroatoms. The molecular weight excluding hydrogens is 320 g/mol. The summed E-state index contributed by atoms with van der Waals surface area (Å²) in [6.07, 6.45) is 0.965. The molecule has 1 aromatic heterocycles. The summed E-state index contributed by atoms with van der Waals surface area (Å²) in [6, 6.07) is 11.2. The van der Waals surface area contributed by atoms with Crippen LogP contribution in [0.5, 0.6) is 0 Å². The standard InChI is InChI=1S/C15H15BrN2O2/c1-10-8-12(9-17-14(10)16)18-15(19)13(20-2)11-6-4-3-5-7-11/h3-9,13H,1-2H3,(H,18,19). The lowest BCUT2D eigenvalue weighted by Crippen LogP contribution is -2.22. The summed E-state index contributed by atoms with van der Waals surface area (Å²) in [7, 11) is 1.52. The average molecular weight is 335 g/mol. The zero-order valence-electron chi connectivity index (χ0n) is 11.3. The highest BCUT2D eigenvalue weighted by molar-refractivity contribution is 9.10. The van der Waals surface area contributed by atoms with Gasteiger partial charge in [-0.2, -0.15) is 0 Å². The molecule has 0 saturated carbocycles. The van der Waals surface area contributed by atoms with Crippen LogP contribution in [0.2, 0.25) is 0 Å². The van der Waals surface area contributed by atoms with Crippen molar-refractivity contribution < 1.29 is 9.53 Å². The van der Waals surface area contributed by atoms with E-state index in [1.807, 2.05) is 43.3 Å². The van der Waals surface area contributed by atoms with Gasteiger partial charge in [0.25, 0.3) is 5.91 Å². The molecule has 0 spiro atoms. The van der Waals surface area contributed by atoms with E-state index in [1.54, 1.807) is 6.20 Å². The van der Waals surface area contributed by atoms with E-state index < -0.39 is 6.10 Å². The molecule has 104 valence electrons. The Morgan fingerprint density at radius 2 is 2.05 bits per heavy atom. The van der Waals surface area contributed by atoms with Gasteiger partial charge in [-0.1, -0.05) is 30.3 Å². The molecule has 0 aliphatic rings. The van der Waals surface area contributed by atoms with Crippen molar-refractivity contribution in [3.63, 3.8) is 0 Å². The number of hydrogen-bond acceptors (Lipinski definition) is 3. The van der Waals surface area contributed by atoms with Crippen LogP contribution >= 0.6 is 15.9 Å². The summed E-state index contributed by atoms with van der Waals surface area (Å²) in [5.74, 6) is -0.220.